The molecule has 0 bridgehead atoms. The third kappa shape index (κ3) is 4.81. The molecule has 5 rings (SSSR count). The average Bonchev–Trinajstić information content (AvgIpc) is 3.11. The van der Waals surface area contributed by atoms with E-state index in [0.29, 0.717) is 36.4 Å². The second-order valence-electron chi connectivity index (χ2n) is 8.54. The van der Waals surface area contributed by atoms with Gasteiger partial charge >= 0.3 is 0 Å². The molecule has 2 aliphatic rings. The lowest BCUT2D eigenvalue weighted by molar-refractivity contribution is -0.143. The first-order valence-electron chi connectivity index (χ1n) is 10.6. The summed E-state index contributed by atoms with van der Waals surface area (Å²) in [6.45, 7) is 1.78. The minimum atomic E-state index is -0.640. The number of aliphatic hydroxyl groups excluding tert-OH is 1. The van der Waals surface area contributed by atoms with Crippen molar-refractivity contribution in [2.45, 2.75) is 19.3 Å². The number of aromatic amines is 1. The maximum atomic E-state index is 13.5. The van der Waals surface area contributed by atoms with Crippen LogP contribution in [0.4, 0.5) is 13.2 Å². The van der Waals surface area contributed by atoms with E-state index in [-0.39, 0.29) is 35.2 Å². The number of benzene rings is 2. The van der Waals surface area contributed by atoms with Crippen molar-refractivity contribution in [2.24, 2.45) is 11.3 Å². The van der Waals surface area contributed by atoms with Gasteiger partial charge in [-0.25, -0.2) is 13.2 Å². The van der Waals surface area contributed by atoms with Crippen LogP contribution in [-0.4, -0.2) is 42.4 Å². The van der Waals surface area contributed by atoms with E-state index < -0.39 is 11.6 Å². The summed E-state index contributed by atoms with van der Waals surface area (Å²) in [5.41, 5.74) is 1.39. The zero-order chi connectivity index (χ0) is 22.7. The second kappa shape index (κ2) is 9.34. The van der Waals surface area contributed by atoms with Gasteiger partial charge in [-0.1, -0.05) is 6.42 Å². The van der Waals surface area contributed by atoms with Gasteiger partial charge in [0.15, 0.2) is 0 Å². The Bertz CT molecular complexity index is 1080. The van der Waals surface area contributed by atoms with E-state index in [9.17, 15) is 18.0 Å². The van der Waals surface area contributed by atoms with Crippen LogP contribution in [0, 0.1) is 28.8 Å². The van der Waals surface area contributed by atoms with Crippen LogP contribution in [0.1, 0.15) is 19.3 Å². The monoisotopic (exact) mass is 446 g/mol. The van der Waals surface area contributed by atoms with Crippen molar-refractivity contribution < 1.29 is 27.8 Å². The number of carbonyl (C=O) groups is 1. The number of hydrogen-bond acceptors (Lipinski definition) is 3. The fourth-order valence-electron chi connectivity index (χ4n) is 3.68. The molecule has 0 spiro atoms. The first-order chi connectivity index (χ1) is 15.4. The van der Waals surface area contributed by atoms with Crippen LogP contribution in [0.3, 0.4) is 0 Å². The number of ether oxygens (including phenoxy) is 1. The van der Waals surface area contributed by atoms with Gasteiger partial charge in [0.25, 0.3) is 0 Å². The van der Waals surface area contributed by atoms with Crippen molar-refractivity contribution in [1.82, 2.24) is 10.3 Å². The molecule has 3 aromatic rings. The van der Waals surface area contributed by atoms with Crippen LogP contribution in [-0.2, 0) is 9.53 Å². The van der Waals surface area contributed by atoms with E-state index in [4.69, 9.17) is 9.84 Å². The predicted octanol–water partition coefficient (Wildman–Crippen LogP) is 4.16. The Kier molecular flexibility index (Phi) is 6.53. The van der Waals surface area contributed by atoms with Gasteiger partial charge in [0.05, 0.1) is 30.8 Å². The molecule has 0 unspecified atom stereocenters. The van der Waals surface area contributed by atoms with E-state index in [1.165, 1.54) is 24.6 Å². The van der Waals surface area contributed by atoms with Gasteiger partial charge in [-0.3, -0.25) is 4.79 Å². The molecule has 0 radical (unpaired) electrons. The van der Waals surface area contributed by atoms with Crippen LogP contribution >= 0.6 is 0 Å². The molecule has 170 valence electrons. The molecule has 1 aliphatic heterocycles. The molecule has 8 heteroatoms. The molecule has 1 amide bonds. The summed E-state index contributed by atoms with van der Waals surface area (Å²) in [6.07, 6.45) is 3.22. The molecular weight excluding hydrogens is 421 g/mol. The first kappa shape index (κ1) is 22.4. The van der Waals surface area contributed by atoms with Crippen molar-refractivity contribution in [1.29, 1.82) is 0 Å². The third-order valence-electron chi connectivity index (χ3n) is 6.07. The summed E-state index contributed by atoms with van der Waals surface area (Å²) < 4.78 is 44.4. The average molecular weight is 446 g/mol. The van der Waals surface area contributed by atoms with Crippen LogP contribution < -0.4 is 5.32 Å². The number of amides is 1. The zero-order valence-electron chi connectivity index (χ0n) is 17.5. The molecule has 5 nitrogen and oxygen atoms in total. The van der Waals surface area contributed by atoms with Crippen LogP contribution in [0.5, 0.6) is 0 Å². The summed E-state index contributed by atoms with van der Waals surface area (Å²) in [7, 11) is 0. The molecule has 1 aliphatic carbocycles. The Morgan fingerprint density at radius 2 is 1.81 bits per heavy atom. The van der Waals surface area contributed by atoms with Crippen LogP contribution in [0.2, 0.25) is 0 Å². The van der Waals surface area contributed by atoms with E-state index in [2.05, 4.69) is 10.3 Å². The van der Waals surface area contributed by atoms with E-state index in [0.717, 1.165) is 18.9 Å². The lowest BCUT2D eigenvalue weighted by Gasteiger charge is -2.40. The molecule has 2 aromatic carbocycles. The predicted molar refractivity (Wildman–Crippen MR) is 114 cm³/mol. The lowest BCUT2D eigenvalue weighted by atomic mass is 9.83. The molecule has 3 N–H and O–H groups in total. The van der Waals surface area contributed by atoms with Gasteiger partial charge in [0.1, 0.15) is 17.5 Å². The Balaban J connectivity index is 0.000000158. The standard InChI is InChI=1S/C14H8F3N.C10H17NO3/c15-10-3-1-8(2-4-10)13-6-9-5-11(16)7-12(17)14(9)18-13;12-5-10(6-14-7-10)4-11-9(13)8-2-1-3-8/h1-7,18H;8,12H,1-7H2,(H,11,13). The maximum absolute atomic E-state index is 13.5. The summed E-state index contributed by atoms with van der Waals surface area (Å²) >= 11 is 0. The largest absolute Gasteiger partial charge is 0.396 e. The highest BCUT2D eigenvalue weighted by molar-refractivity contribution is 5.86. The van der Waals surface area contributed by atoms with Crippen molar-refractivity contribution in [3.63, 3.8) is 0 Å². The lowest BCUT2D eigenvalue weighted by Crippen LogP contribution is -2.54. The van der Waals surface area contributed by atoms with Crippen molar-refractivity contribution in [2.75, 3.05) is 26.4 Å². The number of rotatable bonds is 5. The minimum absolute atomic E-state index is 0.0952. The molecule has 2 fully saturated rings. The number of carbonyl (C=O) groups excluding carboxylic acids is 1. The second-order valence-corrected chi connectivity index (χ2v) is 8.54. The summed E-state index contributed by atoms with van der Waals surface area (Å²) in [5.74, 6) is -1.22. The summed E-state index contributed by atoms with van der Waals surface area (Å²) in [6, 6.07) is 9.50. The number of aliphatic hydroxyl groups is 1. The smallest absolute Gasteiger partial charge is 0.223 e. The number of hydrogen-bond donors (Lipinski definition) is 3. The quantitative estimate of drug-likeness (QED) is 0.551. The normalized spacial score (nSPS) is 17.1. The number of aromatic nitrogens is 1. The SMILES string of the molecule is Fc1ccc(-c2cc3cc(F)cc(F)c3[nH]2)cc1.O=C(NCC1(CO)COC1)C1CCC1. The summed E-state index contributed by atoms with van der Waals surface area (Å²) in [4.78, 5) is 14.4. The van der Waals surface area contributed by atoms with Crippen molar-refractivity contribution in [3.05, 3.63) is 59.9 Å². The van der Waals surface area contributed by atoms with Gasteiger partial charge in [0.2, 0.25) is 5.91 Å². The number of halogens is 3. The fraction of sp³-hybridized carbons (Fsp3) is 0.375. The highest BCUT2D eigenvalue weighted by atomic mass is 19.1. The molecule has 1 aromatic heterocycles. The Hall–Kier alpha value is -2.84. The highest BCUT2D eigenvalue weighted by Gasteiger charge is 2.39. The fourth-order valence-corrected chi connectivity index (χ4v) is 3.68. The Morgan fingerprint density at radius 3 is 2.38 bits per heavy atom. The Labute approximate surface area is 183 Å². The summed E-state index contributed by atoms with van der Waals surface area (Å²) in [5, 5.41) is 12.5. The van der Waals surface area contributed by atoms with Gasteiger partial charge in [-0.15, -0.1) is 0 Å². The maximum Gasteiger partial charge on any atom is 0.223 e. The molecule has 32 heavy (non-hydrogen) atoms. The molecule has 1 saturated heterocycles. The van der Waals surface area contributed by atoms with Crippen molar-refractivity contribution >= 4 is 16.8 Å². The van der Waals surface area contributed by atoms with Gasteiger partial charge in [0, 0.05) is 29.6 Å². The Morgan fingerprint density at radius 1 is 1.09 bits per heavy atom. The van der Waals surface area contributed by atoms with Gasteiger partial charge in [-0.05, 0) is 54.8 Å². The van der Waals surface area contributed by atoms with Crippen LogP contribution in [0.25, 0.3) is 22.2 Å². The van der Waals surface area contributed by atoms with E-state index >= 15 is 0 Å². The molecule has 1 saturated carbocycles. The number of fused-ring (bicyclic) bond motifs is 1. The zero-order valence-corrected chi connectivity index (χ0v) is 17.5. The van der Waals surface area contributed by atoms with Gasteiger partial charge in [-0.2, -0.15) is 0 Å². The minimum Gasteiger partial charge on any atom is -0.396 e. The third-order valence-corrected chi connectivity index (χ3v) is 6.07. The first-order valence-corrected chi connectivity index (χ1v) is 10.6. The molecule has 0 atom stereocenters. The number of H-pyrrole nitrogens is 1. The van der Waals surface area contributed by atoms with Crippen LogP contribution in [0.15, 0.2) is 42.5 Å². The molecular formula is C24H25F3N2O3. The van der Waals surface area contributed by atoms with Crippen molar-refractivity contribution in [3.8, 4) is 11.3 Å². The highest BCUT2D eigenvalue weighted by Crippen LogP contribution is 2.29. The van der Waals surface area contributed by atoms with Gasteiger partial charge < -0.3 is 20.1 Å². The number of nitrogens with one attached hydrogen (secondary N) is 2. The molecule has 2 heterocycles. The van der Waals surface area contributed by atoms with E-state index in [1.807, 2.05) is 0 Å². The topological polar surface area (TPSA) is 74.4 Å². The van der Waals surface area contributed by atoms with E-state index in [1.54, 1.807) is 18.2 Å².